The lowest BCUT2D eigenvalue weighted by molar-refractivity contribution is 0.157. The van der Waals surface area contributed by atoms with Gasteiger partial charge in [-0.25, -0.2) is 0 Å². The Labute approximate surface area is 103 Å². The first kappa shape index (κ1) is 12.5. The fourth-order valence-corrected chi connectivity index (χ4v) is 2.53. The molecule has 1 aromatic rings. The lowest BCUT2D eigenvalue weighted by Gasteiger charge is -2.35. The number of piperazine rings is 1. The molecule has 1 aliphatic heterocycles. The van der Waals surface area contributed by atoms with Crippen LogP contribution in [0.3, 0.4) is 0 Å². The summed E-state index contributed by atoms with van der Waals surface area (Å²) in [5.74, 6) is 0. The summed E-state index contributed by atoms with van der Waals surface area (Å²) in [4.78, 5) is 2.39. The minimum atomic E-state index is -0.247. The van der Waals surface area contributed by atoms with Crippen LogP contribution in [0.4, 0.5) is 4.39 Å². The standard InChI is InChI=1S/C14H21FN2/c1-12-3-2-4-13(11-12)14(5-6-15)17-9-7-16-8-10-17/h2-4,11,14,16H,5-10H2,1H3/t14-/m0/s1. The van der Waals surface area contributed by atoms with Crippen LogP contribution in [0.15, 0.2) is 24.3 Å². The zero-order valence-corrected chi connectivity index (χ0v) is 10.5. The summed E-state index contributed by atoms with van der Waals surface area (Å²) in [5.41, 5.74) is 2.51. The Bertz CT molecular complexity index is 348. The lowest BCUT2D eigenvalue weighted by atomic mass is 10.00. The van der Waals surface area contributed by atoms with Crippen LogP contribution in [-0.4, -0.2) is 37.8 Å². The van der Waals surface area contributed by atoms with E-state index in [-0.39, 0.29) is 12.7 Å². The molecule has 17 heavy (non-hydrogen) atoms. The fraction of sp³-hybridized carbons (Fsp3) is 0.571. The average Bonchev–Trinajstić information content (AvgIpc) is 2.37. The molecule has 0 saturated carbocycles. The van der Waals surface area contributed by atoms with Gasteiger partial charge in [0.1, 0.15) is 0 Å². The Balaban J connectivity index is 2.15. The minimum Gasteiger partial charge on any atom is -0.314 e. The summed E-state index contributed by atoms with van der Waals surface area (Å²) >= 11 is 0. The Morgan fingerprint density at radius 1 is 1.35 bits per heavy atom. The molecule has 1 heterocycles. The normalized spacial score (nSPS) is 19.2. The van der Waals surface area contributed by atoms with Gasteiger partial charge in [-0.1, -0.05) is 29.8 Å². The van der Waals surface area contributed by atoms with E-state index in [1.165, 1.54) is 11.1 Å². The van der Waals surface area contributed by atoms with Gasteiger partial charge in [-0.2, -0.15) is 0 Å². The number of nitrogens with one attached hydrogen (secondary N) is 1. The summed E-state index contributed by atoms with van der Waals surface area (Å²) in [6, 6.07) is 8.70. The molecule has 0 radical (unpaired) electrons. The number of nitrogens with zero attached hydrogens (tertiary/aromatic N) is 1. The average molecular weight is 236 g/mol. The molecule has 1 saturated heterocycles. The van der Waals surface area contributed by atoms with Crippen LogP contribution >= 0.6 is 0 Å². The maximum Gasteiger partial charge on any atom is 0.0912 e. The third-order valence-corrected chi connectivity index (χ3v) is 3.40. The first-order chi connectivity index (χ1) is 8.31. The second kappa shape index (κ2) is 6.12. The molecule has 3 heteroatoms. The van der Waals surface area contributed by atoms with E-state index in [0.717, 1.165) is 26.2 Å². The topological polar surface area (TPSA) is 15.3 Å². The van der Waals surface area contributed by atoms with E-state index in [2.05, 4.69) is 41.4 Å². The molecule has 0 bridgehead atoms. The number of hydrogen-bond donors (Lipinski definition) is 1. The van der Waals surface area contributed by atoms with Crippen molar-refractivity contribution in [2.24, 2.45) is 0 Å². The molecule has 2 rings (SSSR count). The Morgan fingerprint density at radius 3 is 2.76 bits per heavy atom. The van der Waals surface area contributed by atoms with Crippen LogP contribution in [0.5, 0.6) is 0 Å². The Kier molecular flexibility index (Phi) is 4.51. The monoisotopic (exact) mass is 236 g/mol. The molecule has 0 spiro atoms. The van der Waals surface area contributed by atoms with Crippen molar-refractivity contribution in [2.75, 3.05) is 32.9 Å². The number of rotatable bonds is 4. The summed E-state index contributed by atoms with van der Waals surface area (Å²) in [5, 5.41) is 3.34. The van der Waals surface area contributed by atoms with Gasteiger partial charge in [0.25, 0.3) is 0 Å². The maximum absolute atomic E-state index is 12.7. The molecular formula is C14H21FN2. The summed E-state index contributed by atoms with van der Waals surface area (Å²) in [7, 11) is 0. The Hall–Kier alpha value is -0.930. The van der Waals surface area contributed by atoms with E-state index in [9.17, 15) is 4.39 Å². The van der Waals surface area contributed by atoms with E-state index >= 15 is 0 Å². The Morgan fingerprint density at radius 2 is 2.12 bits per heavy atom. The molecular weight excluding hydrogens is 215 g/mol. The predicted molar refractivity (Wildman–Crippen MR) is 69.0 cm³/mol. The third-order valence-electron chi connectivity index (χ3n) is 3.40. The van der Waals surface area contributed by atoms with Crippen LogP contribution in [0.25, 0.3) is 0 Å². The zero-order chi connectivity index (χ0) is 12.1. The molecule has 1 aromatic carbocycles. The first-order valence-electron chi connectivity index (χ1n) is 6.38. The second-order valence-corrected chi connectivity index (χ2v) is 4.69. The molecule has 0 amide bonds. The van der Waals surface area contributed by atoms with Crippen LogP contribution in [-0.2, 0) is 0 Å². The van der Waals surface area contributed by atoms with Crippen molar-refractivity contribution in [3.63, 3.8) is 0 Å². The maximum atomic E-state index is 12.7. The molecule has 1 N–H and O–H groups in total. The quantitative estimate of drug-likeness (QED) is 0.863. The number of halogens is 1. The van der Waals surface area contributed by atoms with Crippen molar-refractivity contribution >= 4 is 0 Å². The van der Waals surface area contributed by atoms with Crippen LogP contribution in [0.2, 0.25) is 0 Å². The van der Waals surface area contributed by atoms with Gasteiger partial charge in [0.05, 0.1) is 6.67 Å². The van der Waals surface area contributed by atoms with Gasteiger partial charge >= 0.3 is 0 Å². The first-order valence-corrected chi connectivity index (χ1v) is 6.38. The van der Waals surface area contributed by atoms with Crippen molar-refractivity contribution in [3.05, 3.63) is 35.4 Å². The summed E-state index contributed by atoms with van der Waals surface area (Å²) < 4.78 is 12.7. The molecule has 0 aromatic heterocycles. The van der Waals surface area contributed by atoms with Gasteiger partial charge in [-0.05, 0) is 18.9 Å². The van der Waals surface area contributed by atoms with Gasteiger partial charge in [0.2, 0.25) is 0 Å². The highest BCUT2D eigenvalue weighted by Crippen LogP contribution is 2.25. The van der Waals surface area contributed by atoms with Gasteiger partial charge in [0, 0.05) is 32.2 Å². The number of benzene rings is 1. The molecule has 1 aliphatic rings. The van der Waals surface area contributed by atoms with Crippen molar-refractivity contribution in [3.8, 4) is 0 Å². The van der Waals surface area contributed by atoms with Gasteiger partial charge in [-0.3, -0.25) is 9.29 Å². The number of alkyl halides is 1. The van der Waals surface area contributed by atoms with Gasteiger partial charge in [-0.15, -0.1) is 0 Å². The van der Waals surface area contributed by atoms with Crippen molar-refractivity contribution in [1.82, 2.24) is 10.2 Å². The largest absolute Gasteiger partial charge is 0.314 e. The van der Waals surface area contributed by atoms with E-state index in [4.69, 9.17) is 0 Å². The molecule has 2 nitrogen and oxygen atoms in total. The number of hydrogen-bond acceptors (Lipinski definition) is 2. The molecule has 94 valence electrons. The highest BCUT2D eigenvalue weighted by molar-refractivity contribution is 5.25. The second-order valence-electron chi connectivity index (χ2n) is 4.69. The van der Waals surface area contributed by atoms with E-state index in [1.54, 1.807) is 0 Å². The van der Waals surface area contributed by atoms with Crippen molar-refractivity contribution in [2.45, 2.75) is 19.4 Å². The van der Waals surface area contributed by atoms with Crippen LogP contribution in [0.1, 0.15) is 23.6 Å². The number of aryl methyl sites for hydroxylation is 1. The smallest absolute Gasteiger partial charge is 0.0912 e. The summed E-state index contributed by atoms with van der Waals surface area (Å²) in [6.45, 7) is 5.89. The summed E-state index contributed by atoms with van der Waals surface area (Å²) in [6.07, 6.45) is 0.601. The van der Waals surface area contributed by atoms with E-state index in [1.807, 2.05) is 0 Å². The van der Waals surface area contributed by atoms with Crippen LogP contribution in [0, 0.1) is 6.92 Å². The van der Waals surface area contributed by atoms with Crippen LogP contribution < -0.4 is 5.32 Å². The fourth-order valence-electron chi connectivity index (χ4n) is 2.53. The lowest BCUT2D eigenvalue weighted by Crippen LogP contribution is -2.45. The van der Waals surface area contributed by atoms with E-state index in [0.29, 0.717) is 6.42 Å². The minimum absolute atomic E-state index is 0.238. The molecule has 1 fully saturated rings. The molecule has 0 unspecified atom stereocenters. The molecule has 0 aliphatic carbocycles. The molecule has 1 atom stereocenters. The highest BCUT2D eigenvalue weighted by atomic mass is 19.1. The van der Waals surface area contributed by atoms with E-state index < -0.39 is 0 Å². The van der Waals surface area contributed by atoms with Crippen molar-refractivity contribution in [1.29, 1.82) is 0 Å². The third kappa shape index (κ3) is 3.27. The van der Waals surface area contributed by atoms with Crippen molar-refractivity contribution < 1.29 is 4.39 Å². The predicted octanol–water partition coefficient (Wildman–Crippen LogP) is 2.30. The SMILES string of the molecule is Cc1cccc([C@H](CCF)N2CCNCC2)c1. The van der Waals surface area contributed by atoms with Gasteiger partial charge < -0.3 is 5.32 Å². The zero-order valence-electron chi connectivity index (χ0n) is 10.5. The van der Waals surface area contributed by atoms with Gasteiger partial charge in [0.15, 0.2) is 0 Å². The highest BCUT2D eigenvalue weighted by Gasteiger charge is 2.21.